The number of benzene rings is 2. The van der Waals surface area contributed by atoms with Gasteiger partial charge in [0.25, 0.3) is 0 Å². The molecule has 0 saturated heterocycles. The number of nitrogens with one attached hydrogen (secondary N) is 2. The molecule has 1 atom stereocenters. The molecule has 2 N–H and O–H groups in total. The molecule has 0 spiro atoms. The van der Waals surface area contributed by atoms with E-state index in [2.05, 4.69) is 14.8 Å². The summed E-state index contributed by atoms with van der Waals surface area (Å²) in [4.78, 5) is 23.9. The van der Waals surface area contributed by atoms with E-state index in [1.54, 1.807) is 42.5 Å². The number of amides is 1. The molecule has 7 nitrogen and oxygen atoms in total. The number of sulfonamides is 1. The predicted octanol–water partition coefficient (Wildman–Crippen LogP) is 2.80. The molecule has 0 aromatic heterocycles. The van der Waals surface area contributed by atoms with Gasteiger partial charge in [0.15, 0.2) is 0 Å². The van der Waals surface area contributed by atoms with Crippen molar-refractivity contribution in [1.29, 1.82) is 0 Å². The SMILES string of the molecule is COC(=O)c1cccc(NC(=O)C(C)CS(=O)(=O)Nc2ccc(C)cc2)c1. The number of anilines is 2. The second-order valence-corrected chi connectivity index (χ2v) is 7.98. The Hall–Kier alpha value is -2.87. The summed E-state index contributed by atoms with van der Waals surface area (Å²) in [5.74, 6) is -2.16. The zero-order chi connectivity index (χ0) is 20.0. The second kappa shape index (κ2) is 8.68. The Morgan fingerprint density at radius 3 is 2.37 bits per heavy atom. The van der Waals surface area contributed by atoms with Gasteiger partial charge in [-0.15, -0.1) is 0 Å². The fourth-order valence-electron chi connectivity index (χ4n) is 2.35. The molecule has 2 aromatic carbocycles. The molecule has 0 aliphatic heterocycles. The number of rotatable bonds is 7. The zero-order valence-corrected chi connectivity index (χ0v) is 16.2. The van der Waals surface area contributed by atoms with E-state index in [9.17, 15) is 18.0 Å². The van der Waals surface area contributed by atoms with Gasteiger partial charge < -0.3 is 10.1 Å². The van der Waals surface area contributed by atoms with Crippen LogP contribution < -0.4 is 10.0 Å². The summed E-state index contributed by atoms with van der Waals surface area (Å²) in [6, 6.07) is 13.1. The van der Waals surface area contributed by atoms with Crippen molar-refractivity contribution in [1.82, 2.24) is 0 Å². The Kier molecular flexibility index (Phi) is 6.57. The molecule has 0 saturated carbocycles. The van der Waals surface area contributed by atoms with Crippen LogP contribution in [0.25, 0.3) is 0 Å². The number of ether oxygens (including phenoxy) is 1. The molecular formula is C19H22N2O5S. The lowest BCUT2D eigenvalue weighted by Crippen LogP contribution is -2.29. The van der Waals surface area contributed by atoms with Crippen LogP contribution in [-0.4, -0.2) is 33.2 Å². The highest BCUT2D eigenvalue weighted by atomic mass is 32.2. The van der Waals surface area contributed by atoms with Gasteiger partial charge >= 0.3 is 5.97 Å². The van der Waals surface area contributed by atoms with E-state index in [0.29, 0.717) is 11.4 Å². The lowest BCUT2D eigenvalue weighted by Gasteiger charge is -2.14. The first kappa shape index (κ1) is 20.4. The van der Waals surface area contributed by atoms with Crippen LogP contribution in [0.2, 0.25) is 0 Å². The van der Waals surface area contributed by atoms with Crippen molar-refractivity contribution in [3.63, 3.8) is 0 Å². The molecule has 27 heavy (non-hydrogen) atoms. The molecule has 8 heteroatoms. The molecule has 2 rings (SSSR count). The van der Waals surface area contributed by atoms with Crippen molar-refractivity contribution in [3.05, 3.63) is 59.7 Å². The van der Waals surface area contributed by atoms with Gasteiger partial charge in [0.1, 0.15) is 0 Å². The maximum absolute atomic E-state index is 12.3. The Balaban J connectivity index is 2.00. The third kappa shape index (κ3) is 6.10. The van der Waals surface area contributed by atoms with E-state index in [4.69, 9.17) is 0 Å². The topological polar surface area (TPSA) is 102 Å². The summed E-state index contributed by atoms with van der Waals surface area (Å²) in [7, 11) is -2.43. The number of aryl methyl sites for hydroxylation is 1. The molecular weight excluding hydrogens is 368 g/mol. The van der Waals surface area contributed by atoms with E-state index < -0.39 is 27.8 Å². The fraction of sp³-hybridized carbons (Fsp3) is 0.263. The first-order valence-electron chi connectivity index (χ1n) is 8.26. The number of methoxy groups -OCH3 is 1. The van der Waals surface area contributed by atoms with Crippen LogP contribution in [0.1, 0.15) is 22.8 Å². The van der Waals surface area contributed by atoms with Gasteiger partial charge in [-0.2, -0.15) is 0 Å². The van der Waals surface area contributed by atoms with Gasteiger partial charge in [0, 0.05) is 11.4 Å². The predicted molar refractivity (Wildman–Crippen MR) is 104 cm³/mol. The maximum atomic E-state index is 12.3. The minimum Gasteiger partial charge on any atom is -0.465 e. The maximum Gasteiger partial charge on any atom is 0.337 e. The smallest absolute Gasteiger partial charge is 0.337 e. The van der Waals surface area contributed by atoms with Crippen LogP contribution in [0.3, 0.4) is 0 Å². The molecule has 0 fully saturated rings. The van der Waals surface area contributed by atoms with Crippen molar-refractivity contribution < 1.29 is 22.7 Å². The van der Waals surface area contributed by atoms with Crippen LogP contribution in [0.15, 0.2) is 48.5 Å². The monoisotopic (exact) mass is 390 g/mol. The summed E-state index contributed by atoms with van der Waals surface area (Å²) < 4.78 is 31.7. The molecule has 0 heterocycles. The highest BCUT2D eigenvalue weighted by Gasteiger charge is 2.22. The number of carbonyl (C=O) groups is 2. The quantitative estimate of drug-likeness (QED) is 0.708. The number of hydrogen-bond donors (Lipinski definition) is 2. The van der Waals surface area contributed by atoms with E-state index in [1.165, 1.54) is 20.1 Å². The van der Waals surface area contributed by atoms with Crippen LogP contribution in [-0.2, 0) is 19.6 Å². The highest BCUT2D eigenvalue weighted by Crippen LogP contribution is 2.15. The number of carbonyl (C=O) groups excluding carboxylic acids is 2. The molecule has 2 aromatic rings. The van der Waals surface area contributed by atoms with Gasteiger partial charge in [0.05, 0.1) is 24.3 Å². The van der Waals surface area contributed by atoms with Gasteiger partial charge in [-0.25, -0.2) is 13.2 Å². The van der Waals surface area contributed by atoms with Crippen LogP contribution in [0.5, 0.6) is 0 Å². The van der Waals surface area contributed by atoms with Gasteiger partial charge in [-0.1, -0.05) is 30.7 Å². The Morgan fingerprint density at radius 1 is 1.07 bits per heavy atom. The summed E-state index contributed by atoms with van der Waals surface area (Å²) >= 11 is 0. The standard InChI is InChI=1S/C19H22N2O5S/c1-13-7-9-16(10-8-13)21-27(24,25)12-14(2)18(22)20-17-6-4-5-15(11-17)19(23)26-3/h4-11,14,21H,12H2,1-3H3,(H,20,22). The summed E-state index contributed by atoms with van der Waals surface area (Å²) in [5.41, 5.74) is 2.13. The van der Waals surface area contributed by atoms with Crippen molar-refractivity contribution >= 4 is 33.3 Å². The third-order valence-electron chi connectivity index (χ3n) is 3.79. The van der Waals surface area contributed by atoms with Crippen molar-refractivity contribution in [2.75, 3.05) is 22.9 Å². The molecule has 1 amide bonds. The molecule has 0 radical (unpaired) electrons. The molecule has 0 bridgehead atoms. The van der Waals surface area contributed by atoms with E-state index in [1.807, 2.05) is 6.92 Å². The average molecular weight is 390 g/mol. The zero-order valence-electron chi connectivity index (χ0n) is 15.4. The summed E-state index contributed by atoms with van der Waals surface area (Å²) in [6.07, 6.45) is 0. The van der Waals surface area contributed by atoms with Gasteiger partial charge in [0.2, 0.25) is 15.9 Å². The summed E-state index contributed by atoms with van der Waals surface area (Å²) in [5, 5.41) is 2.62. The molecule has 0 aliphatic carbocycles. The normalized spacial score (nSPS) is 12.1. The van der Waals surface area contributed by atoms with E-state index in [0.717, 1.165) is 5.56 Å². The van der Waals surface area contributed by atoms with Crippen molar-refractivity contribution in [2.45, 2.75) is 13.8 Å². The highest BCUT2D eigenvalue weighted by molar-refractivity contribution is 7.92. The number of esters is 1. The van der Waals surface area contributed by atoms with Crippen LogP contribution >= 0.6 is 0 Å². The first-order valence-corrected chi connectivity index (χ1v) is 9.92. The fourth-order valence-corrected chi connectivity index (χ4v) is 3.74. The van der Waals surface area contributed by atoms with Crippen molar-refractivity contribution in [3.8, 4) is 0 Å². The molecule has 0 aliphatic rings. The van der Waals surface area contributed by atoms with Crippen LogP contribution in [0.4, 0.5) is 11.4 Å². The minimum atomic E-state index is -3.69. The van der Waals surface area contributed by atoms with E-state index in [-0.39, 0.29) is 11.3 Å². The number of hydrogen-bond acceptors (Lipinski definition) is 5. The first-order chi connectivity index (χ1) is 12.7. The Bertz CT molecular complexity index is 923. The summed E-state index contributed by atoms with van der Waals surface area (Å²) in [6.45, 7) is 3.42. The van der Waals surface area contributed by atoms with Crippen LogP contribution in [0, 0.1) is 12.8 Å². The van der Waals surface area contributed by atoms with Gasteiger partial charge in [-0.3, -0.25) is 9.52 Å². The molecule has 1 unspecified atom stereocenters. The average Bonchev–Trinajstić information content (AvgIpc) is 2.62. The lowest BCUT2D eigenvalue weighted by molar-refractivity contribution is -0.118. The molecule has 144 valence electrons. The Morgan fingerprint density at radius 2 is 1.74 bits per heavy atom. The van der Waals surface area contributed by atoms with Gasteiger partial charge in [-0.05, 0) is 37.3 Å². The lowest BCUT2D eigenvalue weighted by atomic mass is 10.1. The second-order valence-electron chi connectivity index (χ2n) is 6.21. The third-order valence-corrected chi connectivity index (χ3v) is 5.28. The minimum absolute atomic E-state index is 0.289. The Labute approximate surface area is 158 Å². The van der Waals surface area contributed by atoms with E-state index >= 15 is 0 Å². The van der Waals surface area contributed by atoms with Crippen molar-refractivity contribution in [2.24, 2.45) is 5.92 Å². The largest absolute Gasteiger partial charge is 0.465 e.